The van der Waals surface area contributed by atoms with Gasteiger partial charge in [-0.2, -0.15) is 0 Å². The molecule has 3 aromatic rings. The van der Waals surface area contributed by atoms with Crippen molar-refractivity contribution >= 4 is 34.6 Å². The molecular formula is C24H33ClN8O5. The van der Waals surface area contributed by atoms with E-state index in [-0.39, 0.29) is 18.8 Å². The average molecular weight is 549 g/mol. The van der Waals surface area contributed by atoms with Crippen LogP contribution >= 0.6 is 11.6 Å². The lowest BCUT2D eigenvalue weighted by Crippen LogP contribution is -2.44. The number of aliphatic hydroxyl groups is 2. The molecule has 0 spiro atoms. The number of carboxylic acids is 1. The highest BCUT2D eigenvalue weighted by atomic mass is 35.5. The molecule has 8 N–H and O–H groups in total. The monoisotopic (exact) mass is 548 g/mol. The fourth-order valence-corrected chi connectivity index (χ4v) is 4.53. The molecule has 0 aliphatic carbocycles. The van der Waals surface area contributed by atoms with Gasteiger partial charge in [-0.05, 0) is 37.1 Å². The van der Waals surface area contributed by atoms with Crippen molar-refractivity contribution in [2.45, 2.75) is 43.4 Å². The van der Waals surface area contributed by atoms with Crippen molar-refractivity contribution in [1.29, 1.82) is 0 Å². The van der Waals surface area contributed by atoms with E-state index in [1.54, 1.807) is 0 Å². The molecule has 1 aromatic carbocycles. The SMILES string of the molecule is Nc1ncnc2c1ncn2C1OC(CN(CCNCCc2ccc(Cl)cc2)CC[C@H](N)C(=O)O)[C@@H](O)[C@H]1O. The fraction of sp³-hybridized carbons (Fsp3) is 0.500. The summed E-state index contributed by atoms with van der Waals surface area (Å²) in [5, 5.41) is 34.8. The van der Waals surface area contributed by atoms with Crippen LogP contribution in [0.4, 0.5) is 5.82 Å². The number of aromatic nitrogens is 4. The Morgan fingerprint density at radius 3 is 2.66 bits per heavy atom. The number of anilines is 1. The third-order valence-corrected chi connectivity index (χ3v) is 6.87. The zero-order valence-corrected chi connectivity index (χ0v) is 21.5. The normalized spacial score (nSPS) is 22.3. The second-order valence-corrected chi connectivity index (χ2v) is 9.73. The number of hydrogen-bond acceptors (Lipinski definition) is 11. The molecule has 1 aliphatic rings. The lowest BCUT2D eigenvalue weighted by atomic mass is 10.1. The number of halogens is 1. The predicted octanol–water partition coefficient (Wildman–Crippen LogP) is -0.383. The molecule has 5 atom stereocenters. The van der Waals surface area contributed by atoms with Crippen LogP contribution in [0.3, 0.4) is 0 Å². The highest BCUT2D eigenvalue weighted by Gasteiger charge is 2.44. The summed E-state index contributed by atoms with van der Waals surface area (Å²) in [6, 6.07) is 6.66. The van der Waals surface area contributed by atoms with Crippen molar-refractivity contribution in [3.63, 3.8) is 0 Å². The fourth-order valence-electron chi connectivity index (χ4n) is 4.41. The predicted molar refractivity (Wildman–Crippen MR) is 140 cm³/mol. The molecule has 0 bridgehead atoms. The minimum Gasteiger partial charge on any atom is -0.480 e. The molecular weight excluding hydrogens is 516 g/mol. The van der Waals surface area contributed by atoms with Crippen LogP contribution < -0.4 is 16.8 Å². The van der Waals surface area contributed by atoms with Gasteiger partial charge in [0.15, 0.2) is 17.7 Å². The molecule has 1 saturated heterocycles. The zero-order chi connectivity index (χ0) is 27.2. The lowest BCUT2D eigenvalue weighted by molar-refractivity contribution is -0.138. The van der Waals surface area contributed by atoms with E-state index in [0.29, 0.717) is 35.8 Å². The molecule has 0 radical (unpaired) electrons. The summed E-state index contributed by atoms with van der Waals surface area (Å²) < 4.78 is 7.58. The minimum atomic E-state index is -1.24. The van der Waals surface area contributed by atoms with E-state index in [0.717, 1.165) is 18.5 Å². The van der Waals surface area contributed by atoms with Gasteiger partial charge in [0.2, 0.25) is 0 Å². The molecule has 4 rings (SSSR count). The standard InChI is InChI=1S/C24H33ClN8O5/c25-15-3-1-14(2-4-15)5-7-28-8-10-32(9-6-16(26)24(36)37)11-17-19(34)20(35)23(38-17)33-13-31-18-21(27)29-12-30-22(18)33/h1-4,12-13,16-17,19-20,23,28,34-35H,5-11,26H2,(H,36,37)(H2,27,29,30)/t16-,17?,19+,20+,23?/m0/s1. The van der Waals surface area contributed by atoms with Crippen LogP contribution in [0.15, 0.2) is 36.9 Å². The number of carbonyl (C=O) groups is 1. The number of hydrogen-bond donors (Lipinski definition) is 6. The summed E-state index contributed by atoms with van der Waals surface area (Å²) in [6.45, 7) is 2.54. The van der Waals surface area contributed by atoms with Gasteiger partial charge in [0.25, 0.3) is 0 Å². The Labute approximate surface area is 224 Å². The molecule has 206 valence electrons. The van der Waals surface area contributed by atoms with E-state index in [1.165, 1.54) is 17.2 Å². The number of nitrogens with zero attached hydrogens (tertiary/aromatic N) is 5. The van der Waals surface area contributed by atoms with Gasteiger partial charge in [0, 0.05) is 31.2 Å². The van der Waals surface area contributed by atoms with Gasteiger partial charge in [-0.15, -0.1) is 0 Å². The van der Waals surface area contributed by atoms with Crippen molar-refractivity contribution in [3.8, 4) is 0 Å². The number of rotatable bonds is 13. The number of nitrogen functional groups attached to an aromatic ring is 1. The number of imidazole rings is 1. The van der Waals surface area contributed by atoms with Crippen LogP contribution in [0.5, 0.6) is 0 Å². The molecule has 0 saturated carbocycles. The Hall–Kier alpha value is -2.91. The first-order chi connectivity index (χ1) is 18.2. The van der Waals surface area contributed by atoms with Gasteiger partial charge in [0.05, 0.1) is 6.33 Å². The quantitative estimate of drug-likeness (QED) is 0.151. The highest BCUT2D eigenvalue weighted by molar-refractivity contribution is 6.30. The lowest BCUT2D eigenvalue weighted by Gasteiger charge is -2.27. The van der Waals surface area contributed by atoms with Crippen molar-refractivity contribution in [2.75, 3.05) is 38.5 Å². The maximum atomic E-state index is 11.2. The van der Waals surface area contributed by atoms with Crippen LogP contribution in [-0.2, 0) is 16.0 Å². The van der Waals surface area contributed by atoms with Crippen molar-refractivity contribution in [2.24, 2.45) is 5.73 Å². The van der Waals surface area contributed by atoms with Crippen LogP contribution in [-0.4, -0.2) is 103 Å². The average Bonchev–Trinajstić information content (AvgIpc) is 3.45. The highest BCUT2D eigenvalue weighted by Crippen LogP contribution is 2.32. The number of aliphatic carboxylic acids is 1. The van der Waals surface area contributed by atoms with Crippen LogP contribution in [0.25, 0.3) is 11.2 Å². The summed E-state index contributed by atoms with van der Waals surface area (Å²) >= 11 is 5.94. The first kappa shape index (κ1) is 28.1. The topological polar surface area (TPSA) is 198 Å². The summed E-state index contributed by atoms with van der Waals surface area (Å²) in [4.78, 5) is 25.5. The Bertz CT molecular complexity index is 1210. The number of nitrogens with two attached hydrogens (primary N) is 2. The van der Waals surface area contributed by atoms with E-state index in [4.69, 9.17) is 27.8 Å². The number of fused-ring (bicyclic) bond motifs is 1. The van der Waals surface area contributed by atoms with Gasteiger partial charge >= 0.3 is 5.97 Å². The number of benzene rings is 1. The maximum absolute atomic E-state index is 11.2. The molecule has 1 aliphatic heterocycles. The minimum absolute atomic E-state index is 0.197. The summed E-state index contributed by atoms with van der Waals surface area (Å²) in [7, 11) is 0. The van der Waals surface area contributed by atoms with Gasteiger partial charge in [-0.1, -0.05) is 23.7 Å². The summed E-state index contributed by atoms with van der Waals surface area (Å²) in [6.07, 6.45) is -0.342. The van der Waals surface area contributed by atoms with Crippen LogP contribution in [0.1, 0.15) is 18.2 Å². The van der Waals surface area contributed by atoms with Crippen molar-refractivity contribution in [3.05, 3.63) is 47.5 Å². The van der Waals surface area contributed by atoms with E-state index < -0.39 is 36.6 Å². The largest absolute Gasteiger partial charge is 0.480 e. The Morgan fingerprint density at radius 1 is 1.16 bits per heavy atom. The molecule has 14 heteroatoms. The van der Waals surface area contributed by atoms with Gasteiger partial charge < -0.3 is 36.8 Å². The Morgan fingerprint density at radius 2 is 1.92 bits per heavy atom. The molecule has 2 unspecified atom stereocenters. The first-order valence-corrected chi connectivity index (χ1v) is 12.7. The maximum Gasteiger partial charge on any atom is 0.320 e. The third kappa shape index (κ3) is 6.74. The molecule has 3 heterocycles. The number of nitrogens with one attached hydrogen (secondary N) is 1. The number of carboxylic acid groups (broad SMARTS) is 1. The molecule has 13 nitrogen and oxygen atoms in total. The number of ether oxygens (including phenoxy) is 1. The summed E-state index contributed by atoms with van der Waals surface area (Å²) in [5.74, 6) is -0.880. The molecule has 0 amide bonds. The smallest absolute Gasteiger partial charge is 0.320 e. The summed E-state index contributed by atoms with van der Waals surface area (Å²) in [5.41, 5.74) is 13.5. The van der Waals surface area contributed by atoms with E-state index >= 15 is 0 Å². The second-order valence-electron chi connectivity index (χ2n) is 9.29. The van der Waals surface area contributed by atoms with Gasteiger partial charge in [-0.3, -0.25) is 14.3 Å². The Balaban J connectivity index is 1.36. The Kier molecular flexibility index (Phi) is 9.44. The molecule has 1 fully saturated rings. The first-order valence-electron chi connectivity index (χ1n) is 12.3. The van der Waals surface area contributed by atoms with E-state index in [2.05, 4.69) is 20.3 Å². The molecule has 38 heavy (non-hydrogen) atoms. The van der Waals surface area contributed by atoms with Crippen LogP contribution in [0, 0.1) is 0 Å². The second kappa shape index (κ2) is 12.8. The van der Waals surface area contributed by atoms with Gasteiger partial charge in [-0.25, -0.2) is 15.0 Å². The third-order valence-electron chi connectivity index (χ3n) is 6.62. The van der Waals surface area contributed by atoms with Crippen LogP contribution in [0.2, 0.25) is 5.02 Å². The van der Waals surface area contributed by atoms with Crippen molar-refractivity contribution in [1.82, 2.24) is 29.7 Å². The van der Waals surface area contributed by atoms with Gasteiger partial charge in [0.1, 0.15) is 36.2 Å². The number of aliphatic hydroxyl groups excluding tert-OH is 2. The zero-order valence-electron chi connectivity index (χ0n) is 20.7. The van der Waals surface area contributed by atoms with E-state index in [9.17, 15) is 20.1 Å². The van der Waals surface area contributed by atoms with E-state index in [1.807, 2.05) is 29.2 Å². The molecule has 2 aromatic heterocycles. The van der Waals surface area contributed by atoms with Crippen molar-refractivity contribution < 1.29 is 24.9 Å².